The summed E-state index contributed by atoms with van der Waals surface area (Å²) in [7, 11) is 0. The summed E-state index contributed by atoms with van der Waals surface area (Å²) in [5.74, 6) is 1.97. The van der Waals surface area contributed by atoms with Crippen molar-refractivity contribution in [2.24, 2.45) is 23.5 Å². The van der Waals surface area contributed by atoms with Gasteiger partial charge in [-0.05, 0) is 61.8 Å². The number of nitrogens with two attached hydrogens (primary N) is 1. The SMILES string of the molecule is Cl.NC1C2CCCC1CC(C(=O)NCc1nc(-c3ccc(Cl)cc3)no1)C2. The Morgan fingerprint density at radius 1 is 1.22 bits per heavy atom. The minimum absolute atomic E-state index is 0. The van der Waals surface area contributed by atoms with Crippen molar-refractivity contribution in [1.82, 2.24) is 15.5 Å². The van der Waals surface area contributed by atoms with Crippen molar-refractivity contribution in [3.63, 3.8) is 0 Å². The molecule has 3 N–H and O–H groups in total. The molecule has 1 amide bonds. The van der Waals surface area contributed by atoms with Crippen molar-refractivity contribution in [3.8, 4) is 11.4 Å². The molecule has 1 aromatic carbocycles. The zero-order chi connectivity index (χ0) is 18.1. The zero-order valence-electron chi connectivity index (χ0n) is 14.9. The Hall–Kier alpha value is -1.63. The highest BCUT2D eigenvalue weighted by Gasteiger charge is 2.40. The molecule has 2 aliphatic carbocycles. The van der Waals surface area contributed by atoms with Gasteiger partial charge in [-0.2, -0.15) is 4.98 Å². The second-order valence-electron chi connectivity index (χ2n) is 7.43. The van der Waals surface area contributed by atoms with E-state index in [1.54, 1.807) is 12.1 Å². The maximum absolute atomic E-state index is 12.6. The molecule has 2 aromatic rings. The highest BCUT2D eigenvalue weighted by Crippen LogP contribution is 2.41. The van der Waals surface area contributed by atoms with Crippen molar-refractivity contribution < 1.29 is 9.32 Å². The van der Waals surface area contributed by atoms with Gasteiger partial charge < -0.3 is 15.6 Å². The lowest BCUT2D eigenvalue weighted by atomic mass is 9.65. The van der Waals surface area contributed by atoms with Crippen LogP contribution in [-0.2, 0) is 11.3 Å². The van der Waals surface area contributed by atoms with E-state index in [4.69, 9.17) is 21.9 Å². The van der Waals surface area contributed by atoms with E-state index in [1.807, 2.05) is 12.1 Å². The molecule has 4 rings (SSSR count). The van der Waals surface area contributed by atoms with E-state index in [0.717, 1.165) is 31.2 Å². The van der Waals surface area contributed by atoms with Crippen LogP contribution in [0.2, 0.25) is 5.02 Å². The molecule has 0 radical (unpaired) electrons. The number of carbonyl (C=O) groups is 1. The number of nitrogens with zero attached hydrogens (tertiary/aromatic N) is 2. The lowest BCUT2D eigenvalue weighted by Gasteiger charge is -2.43. The van der Waals surface area contributed by atoms with Crippen LogP contribution in [0, 0.1) is 17.8 Å². The topological polar surface area (TPSA) is 94.0 Å². The molecule has 2 aliphatic rings. The van der Waals surface area contributed by atoms with E-state index in [0.29, 0.717) is 28.6 Å². The van der Waals surface area contributed by atoms with E-state index in [2.05, 4.69) is 15.5 Å². The second-order valence-corrected chi connectivity index (χ2v) is 7.87. The summed E-state index contributed by atoms with van der Waals surface area (Å²) < 4.78 is 5.25. The van der Waals surface area contributed by atoms with Crippen LogP contribution in [0.5, 0.6) is 0 Å². The van der Waals surface area contributed by atoms with Gasteiger partial charge in [0.25, 0.3) is 0 Å². The third-order valence-corrected chi connectivity index (χ3v) is 6.02. The molecule has 8 heteroatoms. The molecule has 27 heavy (non-hydrogen) atoms. The first-order valence-corrected chi connectivity index (χ1v) is 9.60. The van der Waals surface area contributed by atoms with Crippen LogP contribution in [0.25, 0.3) is 11.4 Å². The molecule has 2 bridgehead atoms. The van der Waals surface area contributed by atoms with Crippen molar-refractivity contribution in [1.29, 1.82) is 0 Å². The van der Waals surface area contributed by atoms with Crippen LogP contribution >= 0.6 is 24.0 Å². The average Bonchev–Trinajstić information content (AvgIpc) is 3.09. The normalized spacial score (nSPS) is 26.9. The maximum Gasteiger partial charge on any atom is 0.246 e. The van der Waals surface area contributed by atoms with Gasteiger partial charge in [0.05, 0.1) is 6.54 Å². The quantitative estimate of drug-likeness (QED) is 0.802. The number of fused-ring (bicyclic) bond motifs is 2. The van der Waals surface area contributed by atoms with Crippen LogP contribution in [0.4, 0.5) is 0 Å². The first-order valence-electron chi connectivity index (χ1n) is 9.22. The first-order chi connectivity index (χ1) is 12.6. The van der Waals surface area contributed by atoms with Gasteiger partial charge in [-0.15, -0.1) is 12.4 Å². The lowest BCUT2D eigenvalue weighted by Crippen LogP contribution is -2.49. The van der Waals surface area contributed by atoms with Gasteiger partial charge in [-0.3, -0.25) is 4.79 Å². The Balaban J connectivity index is 0.00000210. The molecule has 2 unspecified atom stereocenters. The van der Waals surface area contributed by atoms with Gasteiger partial charge in [0.2, 0.25) is 17.6 Å². The second kappa shape index (κ2) is 8.59. The van der Waals surface area contributed by atoms with Crippen molar-refractivity contribution in [2.45, 2.75) is 44.7 Å². The highest BCUT2D eigenvalue weighted by molar-refractivity contribution is 6.30. The number of carbonyl (C=O) groups excluding carboxylic acids is 1. The van der Waals surface area contributed by atoms with Gasteiger partial charge in [-0.25, -0.2) is 0 Å². The summed E-state index contributed by atoms with van der Waals surface area (Å²) >= 11 is 5.89. The molecule has 6 nitrogen and oxygen atoms in total. The molecule has 2 saturated carbocycles. The third kappa shape index (κ3) is 4.45. The summed E-state index contributed by atoms with van der Waals surface area (Å²) in [6, 6.07) is 7.49. The Bertz CT molecular complexity index is 766. The number of benzene rings is 1. The standard InChI is InChI=1S/C19H23ClN4O2.ClH/c20-15-6-4-11(5-7-15)18-23-16(26-24-18)10-22-19(25)14-8-12-2-1-3-13(9-14)17(12)21;/h4-7,12-14,17H,1-3,8-10,21H2,(H,22,25);1H. The largest absolute Gasteiger partial charge is 0.347 e. The predicted molar refractivity (Wildman–Crippen MR) is 105 cm³/mol. The third-order valence-electron chi connectivity index (χ3n) is 5.77. The number of hydrogen-bond donors (Lipinski definition) is 2. The number of amides is 1. The summed E-state index contributed by atoms with van der Waals surface area (Å²) in [5.41, 5.74) is 7.13. The fraction of sp³-hybridized carbons (Fsp3) is 0.526. The van der Waals surface area contributed by atoms with Gasteiger partial charge in [0.15, 0.2) is 0 Å². The van der Waals surface area contributed by atoms with Gasteiger partial charge in [0, 0.05) is 22.5 Å². The number of hydrogen-bond acceptors (Lipinski definition) is 5. The molecule has 2 fully saturated rings. The van der Waals surface area contributed by atoms with Crippen LogP contribution in [0.15, 0.2) is 28.8 Å². The minimum atomic E-state index is 0. The fourth-order valence-corrected chi connectivity index (χ4v) is 4.48. The Kier molecular flexibility index (Phi) is 6.40. The summed E-state index contributed by atoms with van der Waals surface area (Å²) in [4.78, 5) is 16.9. The van der Waals surface area contributed by atoms with E-state index >= 15 is 0 Å². The molecule has 146 valence electrons. The monoisotopic (exact) mass is 410 g/mol. The Labute approximate surface area is 169 Å². The smallest absolute Gasteiger partial charge is 0.246 e. The van der Waals surface area contributed by atoms with Gasteiger partial charge >= 0.3 is 0 Å². The van der Waals surface area contributed by atoms with Gasteiger partial charge in [0.1, 0.15) is 0 Å². The van der Waals surface area contributed by atoms with Crippen molar-refractivity contribution in [2.75, 3.05) is 0 Å². The molecule has 0 aliphatic heterocycles. The lowest BCUT2D eigenvalue weighted by molar-refractivity contribution is -0.128. The number of nitrogens with one attached hydrogen (secondary N) is 1. The molecule has 0 spiro atoms. The Morgan fingerprint density at radius 2 is 1.89 bits per heavy atom. The molecule has 2 atom stereocenters. The zero-order valence-corrected chi connectivity index (χ0v) is 16.5. The summed E-state index contributed by atoms with van der Waals surface area (Å²) in [5, 5.41) is 7.57. The molecular formula is C19H24Cl2N4O2. The van der Waals surface area contributed by atoms with E-state index in [1.165, 1.54) is 6.42 Å². The van der Waals surface area contributed by atoms with Crippen LogP contribution < -0.4 is 11.1 Å². The van der Waals surface area contributed by atoms with Crippen molar-refractivity contribution >= 4 is 29.9 Å². The highest BCUT2D eigenvalue weighted by atomic mass is 35.5. The van der Waals surface area contributed by atoms with E-state index < -0.39 is 0 Å². The number of aromatic nitrogens is 2. The number of halogens is 2. The molecule has 1 heterocycles. The fourth-order valence-electron chi connectivity index (χ4n) is 4.35. The van der Waals surface area contributed by atoms with E-state index in [9.17, 15) is 4.79 Å². The van der Waals surface area contributed by atoms with Crippen LogP contribution in [-0.4, -0.2) is 22.1 Å². The molecular weight excluding hydrogens is 387 g/mol. The molecule has 0 saturated heterocycles. The number of rotatable bonds is 4. The Morgan fingerprint density at radius 3 is 2.56 bits per heavy atom. The first kappa shape index (κ1) is 20.1. The summed E-state index contributed by atoms with van der Waals surface area (Å²) in [6.07, 6.45) is 5.32. The van der Waals surface area contributed by atoms with Crippen molar-refractivity contribution in [3.05, 3.63) is 35.2 Å². The van der Waals surface area contributed by atoms with Gasteiger partial charge in [-0.1, -0.05) is 23.2 Å². The van der Waals surface area contributed by atoms with E-state index in [-0.39, 0.29) is 36.8 Å². The maximum atomic E-state index is 12.6. The summed E-state index contributed by atoms with van der Waals surface area (Å²) in [6.45, 7) is 0.247. The minimum Gasteiger partial charge on any atom is -0.347 e. The average molecular weight is 411 g/mol. The van der Waals surface area contributed by atoms with Crippen LogP contribution in [0.3, 0.4) is 0 Å². The molecule has 1 aromatic heterocycles. The predicted octanol–water partition coefficient (Wildman–Crippen LogP) is 3.58. The van der Waals surface area contributed by atoms with Crippen LogP contribution in [0.1, 0.15) is 38.0 Å².